The van der Waals surface area contributed by atoms with Gasteiger partial charge in [0.1, 0.15) is 11.5 Å². The summed E-state index contributed by atoms with van der Waals surface area (Å²) >= 11 is 0. The van der Waals surface area contributed by atoms with Gasteiger partial charge in [0.15, 0.2) is 16.4 Å². The van der Waals surface area contributed by atoms with E-state index in [1.807, 2.05) is 0 Å². The lowest BCUT2D eigenvalue weighted by Crippen LogP contribution is -2.44. The van der Waals surface area contributed by atoms with E-state index >= 15 is 0 Å². The Hall–Kier alpha value is -2.55. The third-order valence-corrected chi connectivity index (χ3v) is 6.76. The SMILES string of the molecule is COc1ccc(/C=C/C(=O)OCC(=O)N(C2CC2)[C@@H]2CCS(=O)(=O)C2)c(OC)c1. The summed E-state index contributed by atoms with van der Waals surface area (Å²) in [4.78, 5) is 26.2. The summed E-state index contributed by atoms with van der Waals surface area (Å²) in [5.74, 6) is 0.235. The Morgan fingerprint density at radius 1 is 1.14 bits per heavy atom. The monoisotopic (exact) mass is 423 g/mol. The number of esters is 1. The number of hydrogen-bond donors (Lipinski definition) is 0. The van der Waals surface area contributed by atoms with Crippen LogP contribution >= 0.6 is 0 Å². The second kappa shape index (κ2) is 8.86. The fourth-order valence-corrected chi connectivity index (χ4v) is 5.13. The van der Waals surface area contributed by atoms with Crippen molar-refractivity contribution in [3.8, 4) is 11.5 Å². The molecule has 1 aromatic carbocycles. The molecule has 1 aliphatic carbocycles. The second-order valence-electron chi connectivity index (χ2n) is 7.14. The maximum Gasteiger partial charge on any atom is 0.331 e. The molecule has 158 valence electrons. The predicted molar refractivity (Wildman–Crippen MR) is 106 cm³/mol. The van der Waals surface area contributed by atoms with Gasteiger partial charge in [-0.05, 0) is 37.5 Å². The Bertz CT molecular complexity index is 905. The maximum absolute atomic E-state index is 12.6. The average molecular weight is 423 g/mol. The molecule has 1 amide bonds. The van der Waals surface area contributed by atoms with Crippen LogP contribution in [0.15, 0.2) is 24.3 Å². The van der Waals surface area contributed by atoms with Gasteiger partial charge in [-0.25, -0.2) is 13.2 Å². The number of carbonyl (C=O) groups excluding carboxylic acids is 2. The molecule has 0 unspecified atom stereocenters. The quantitative estimate of drug-likeness (QED) is 0.461. The second-order valence-corrected chi connectivity index (χ2v) is 9.37. The van der Waals surface area contributed by atoms with Crippen molar-refractivity contribution in [1.82, 2.24) is 4.90 Å². The van der Waals surface area contributed by atoms with Crippen molar-refractivity contribution in [1.29, 1.82) is 0 Å². The van der Waals surface area contributed by atoms with Gasteiger partial charge in [-0.15, -0.1) is 0 Å². The van der Waals surface area contributed by atoms with E-state index < -0.39 is 22.4 Å². The molecule has 1 saturated carbocycles. The van der Waals surface area contributed by atoms with E-state index in [-0.39, 0.29) is 29.5 Å². The minimum Gasteiger partial charge on any atom is -0.497 e. The molecule has 2 aliphatic rings. The smallest absolute Gasteiger partial charge is 0.331 e. The van der Waals surface area contributed by atoms with E-state index in [4.69, 9.17) is 14.2 Å². The molecule has 2 fully saturated rings. The van der Waals surface area contributed by atoms with Crippen LogP contribution in [0.25, 0.3) is 6.08 Å². The molecular formula is C20H25NO7S. The fraction of sp³-hybridized carbons (Fsp3) is 0.500. The number of nitrogens with zero attached hydrogens (tertiary/aromatic N) is 1. The number of hydrogen-bond acceptors (Lipinski definition) is 7. The standard InChI is InChI=1S/C20H25NO7S/c1-26-17-7-3-14(18(11-17)27-2)4-8-20(23)28-12-19(22)21(15-5-6-15)16-9-10-29(24,25)13-16/h3-4,7-8,11,15-16H,5-6,9-10,12-13H2,1-2H3/b8-4+/t16-/m1/s1. The van der Waals surface area contributed by atoms with Gasteiger partial charge in [0.05, 0.1) is 25.7 Å². The number of ether oxygens (including phenoxy) is 3. The minimum absolute atomic E-state index is 0.0135. The van der Waals surface area contributed by atoms with Gasteiger partial charge in [-0.3, -0.25) is 4.79 Å². The Kier molecular flexibility index (Phi) is 6.46. The molecule has 0 N–H and O–H groups in total. The molecule has 0 radical (unpaired) electrons. The van der Waals surface area contributed by atoms with Gasteiger partial charge in [0.2, 0.25) is 0 Å². The van der Waals surface area contributed by atoms with Crippen LogP contribution in [0.2, 0.25) is 0 Å². The Morgan fingerprint density at radius 3 is 2.48 bits per heavy atom. The molecule has 1 heterocycles. The van der Waals surface area contributed by atoms with Crippen molar-refractivity contribution in [2.45, 2.75) is 31.3 Å². The van der Waals surface area contributed by atoms with E-state index in [2.05, 4.69) is 0 Å². The van der Waals surface area contributed by atoms with Crippen molar-refractivity contribution in [2.75, 3.05) is 32.3 Å². The molecule has 1 aliphatic heterocycles. The first-order valence-electron chi connectivity index (χ1n) is 9.41. The lowest BCUT2D eigenvalue weighted by molar-refractivity contribution is -0.149. The summed E-state index contributed by atoms with van der Waals surface area (Å²) < 4.78 is 39.0. The first-order valence-corrected chi connectivity index (χ1v) is 11.2. The molecule has 1 atom stereocenters. The summed E-state index contributed by atoms with van der Waals surface area (Å²) in [6.07, 6.45) is 4.91. The molecule has 29 heavy (non-hydrogen) atoms. The lowest BCUT2D eigenvalue weighted by Gasteiger charge is -2.28. The largest absolute Gasteiger partial charge is 0.497 e. The molecule has 0 spiro atoms. The predicted octanol–water partition coefficient (Wildman–Crippen LogP) is 1.44. The van der Waals surface area contributed by atoms with E-state index in [1.165, 1.54) is 19.3 Å². The van der Waals surface area contributed by atoms with Crippen molar-refractivity contribution in [3.05, 3.63) is 29.8 Å². The number of benzene rings is 1. The van der Waals surface area contributed by atoms with E-state index in [0.29, 0.717) is 23.5 Å². The Balaban J connectivity index is 1.57. The van der Waals surface area contributed by atoms with Crippen LogP contribution in [0.1, 0.15) is 24.8 Å². The zero-order chi connectivity index (χ0) is 21.0. The van der Waals surface area contributed by atoms with Gasteiger partial charge in [0.25, 0.3) is 5.91 Å². The lowest BCUT2D eigenvalue weighted by atomic mass is 10.2. The summed E-state index contributed by atoms with van der Waals surface area (Å²) in [5.41, 5.74) is 0.660. The fourth-order valence-electron chi connectivity index (χ4n) is 3.42. The van der Waals surface area contributed by atoms with Crippen LogP contribution in [0.3, 0.4) is 0 Å². The van der Waals surface area contributed by atoms with Crippen LogP contribution in [-0.4, -0.2) is 69.6 Å². The molecular weight excluding hydrogens is 398 g/mol. The summed E-state index contributed by atoms with van der Waals surface area (Å²) in [6, 6.07) is 4.90. The summed E-state index contributed by atoms with van der Waals surface area (Å²) in [6.45, 7) is -0.407. The maximum atomic E-state index is 12.6. The topological polar surface area (TPSA) is 99.2 Å². The van der Waals surface area contributed by atoms with Crippen molar-refractivity contribution in [2.24, 2.45) is 0 Å². The zero-order valence-electron chi connectivity index (χ0n) is 16.5. The molecule has 1 aromatic rings. The highest BCUT2D eigenvalue weighted by atomic mass is 32.2. The van der Waals surface area contributed by atoms with Gasteiger partial charge in [0, 0.05) is 29.8 Å². The molecule has 8 nitrogen and oxygen atoms in total. The van der Waals surface area contributed by atoms with Gasteiger partial charge < -0.3 is 19.1 Å². The highest BCUT2D eigenvalue weighted by Crippen LogP contribution is 2.32. The van der Waals surface area contributed by atoms with Crippen molar-refractivity contribution >= 4 is 27.8 Å². The Labute approximate surface area is 170 Å². The van der Waals surface area contributed by atoms with Gasteiger partial charge in [-0.2, -0.15) is 0 Å². The van der Waals surface area contributed by atoms with Crippen LogP contribution in [0.5, 0.6) is 11.5 Å². The minimum atomic E-state index is -3.10. The molecule has 0 aromatic heterocycles. The van der Waals surface area contributed by atoms with E-state index in [0.717, 1.165) is 12.8 Å². The highest BCUT2D eigenvalue weighted by molar-refractivity contribution is 7.91. The number of amides is 1. The van der Waals surface area contributed by atoms with Crippen LogP contribution in [0, 0.1) is 0 Å². The van der Waals surface area contributed by atoms with Crippen molar-refractivity contribution < 1.29 is 32.2 Å². The third kappa shape index (κ3) is 5.50. The first kappa shape index (κ1) is 21.2. The Morgan fingerprint density at radius 2 is 1.90 bits per heavy atom. The molecule has 3 rings (SSSR count). The number of carbonyl (C=O) groups is 2. The average Bonchev–Trinajstić information content (AvgIpc) is 3.47. The normalized spacial score (nSPS) is 20.4. The van der Waals surface area contributed by atoms with Crippen LogP contribution < -0.4 is 9.47 Å². The summed E-state index contributed by atoms with van der Waals surface area (Å²) in [7, 11) is -0.0367. The number of methoxy groups -OCH3 is 2. The molecule has 0 bridgehead atoms. The highest BCUT2D eigenvalue weighted by Gasteiger charge is 2.42. The van der Waals surface area contributed by atoms with Crippen LogP contribution in [-0.2, 0) is 24.2 Å². The molecule has 1 saturated heterocycles. The van der Waals surface area contributed by atoms with E-state index in [1.54, 1.807) is 30.2 Å². The summed E-state index contributed by atoms with van der Waals surface area (Å²) in [5, 5.41) is 0. The third-order valence-electron chi connectivity index (χ3n) is 5.01. The van der Waals surface area contributed by atoms with Crippen LogP contribution in [0.4, 0.5) is 0 Å². The van der Waals surface area contributed by atoms with Gasteiger partial charge in [-0.1, -0.05) is 0 Å². The molecule has 9 heteroatoms. The van der Waals surface area contributed by atoms with E-state index in [9.17, 15) is 18.0 Å². The zero-order valence-corrected chi connectivity index (χ0v) is 17.3. The van der Waals surface area contributed by atoms with Gasteiger partial charge >= 0.3 is 5.97 Å². The first-order chi connectivity index (χ1) is 13.8. The van der Waals surface area contributed by atoms with Crippen molar-refractivity contribution in [3.63, 3.8) is 0 Å². The number of sulfone groups is 1. The number of rotatable bonds is 8.